The number of benzene rings is 1. The average Bonchev–Trinajstić information content (AvgIpc) is 2.64. The molecule has 3 heteroatoms. The molecule has 0 spiro atoms. The quantitative estimate of drug-likeness (QED) is 0.853. The van der Waals surface area contributed by atoms with Crippen molar-refractivity contribution in [3.05, 3.63) is 24.3 Å². The molecular weight excluding hydrogens is 198 g/mol. The summed E-state index contributed by atoms with van der Waals surface area (Å²) in [6.45, 7) is 5.44. The zero-order chi connectivity index (χ0) is 11.5. The molecule has 0 aliphatic rings. The Kier molecular flexibility index (Phi) is 3.13. The Morgan fingerprint density at radius 1 is 1.38 bits per heavy atom. The molecule has 1 aromatic carbocycles. The van der Waals surface area contributed by atoms with E-state index in [4.69, 9.17) is 0 Å². The highest BCUT2D eigenvalue weighted by molar-refractivity contribution is 5.78. The fourth-order valence-corrected chi connectivity index (χ4v) is 1.71. The Bertz CT molecular complexity index is 473. The van der Waals surface area contributed by atoms with Crippen LogP contribution in [-0.4, -0.2) is 16.1 Å². The maximum absolute atomic E-state index is 4.57. The number of imidazole rings is 1. The van der Waals surface area contributed by atoms with Crippen molar-refractivity contribution >= 4 is 17.0 Å². The van der Waals surface area contributed by atoms with Crippen molar-refractivity contribution in [1.82, 2.24) is 9.55 Å². The van der Waals surface area contributed by atoms with E-state index in [9.17, 15) is 0 Å². The zero-order valence-electron chi connectivity index (χ0n) is 10.2. The fraction of sp³-hybridized carbons (Fsp3) is 0.462. The van der Waals surface area contributed by atoms with Gasteiger partial charge >= 0.3 is 0 Å². The molecule has 0 bridgehead atoms. The van der Waals surface area contributed by atoms with Gasteiger partial charge in [-0.15, -0.1) is 0 Å². The molecule has 0 amide bonds. The van der Waals surface area contributed by atoms with Crippen LogP contribution in [-0.2, 0) is 7.05 Å². The predicted molar refractivity (Wildman–Crippen MR) is 68.7 cm³/mol. The first-order valence-corrected chi connectivity index (χ1v) is 5.87. The summed E-state index contributed by atoms with van der Waals surface area (Å²) >= 11 is 0. The number of nitrogens with zero attached hydrogens (tertiary/aromatic N) is 2. The zero-order valence-corrected chi connectivity index (χ0v) is 10.2. The van der Waals surface area contributed by atoms with Crippen molar-refractivity contribution in [3.63, 3.8) is 0 Å². The molecule has 0 radical (unpaired) electrons. The third kappa shape index (κ3) is 2.03. The van der Waals surface area contributed by atoms with Gasteiger partial charge in [-0.05, 0) is 18.1 Å². The van der Waals surface area contributed by atoms with Crippen molar-refractivity contribution in [2.75, 3.05) is 11.9 Å². The van der Waals surface area contributed by atoms with Crippen LogP contribution in [0.5, 0.6) is 0 Å². The van der Waals surface area contributed by atoms with Gasteiger partial charge in [-0.2, -0.15) is 0 Å². The molecular formula is C13H19N3. The molecule has 1 unspecified atom stereocenters. The highest BCUT2D eigenvalue weighted by Crippen LogP contribution is 2.17. The Morgan fingerprint density at radius 2 is 2.12 bits per heavy atom. The molecule has 1 N–H and O–H groups in total. The molecule has 16 heavy (non-hydrogen) atoms. The van der Waals surface area contributed by atoms with Gasteiger partial charge in [0.05, 0.1) is 11.0 Å². The van der Waals surface area contributed by atoms with Gasteiger partial charge in [-0.1, -0.05) is 32.4 Å². The summed E-state index contributed by atoms with van der Waals surface area (Å²) in [5.41, 5.74) is 2.23. The summed E-state index contributed by atoms with van der Waals surface area (Å²) < 4.78 is 2.11. The average molecular weight is 217 g/mol. The predicted octanol–water partition coefficient (Wildman–Crippen LogP) is 3.03. The monoisotopic (exact) mass is 217 g/mol. The molecule has 1 heterocycles. The van der Waals surface area contributed by atoms with E-state index in [0.29, 0.717) is 5.92 Å². The number of rotatable bonds is 4. The minimum absolute atomic E-state index is 0.680. The lowest BCUT2D eigenvalue weighted by Crippen LogP contribution is -2.13. The van der Waals surface area contributed by atoms with E-state index in [1.54, 1.807) is 0 Å². The number of para-hydroxylation sites is 2. The molecule has 1 atom stereocenters. The Hall–Kier alpha value is -1.51. The number of hydrogen-bond donors (Lipinski definition) is 1. The highest BCUT2D eigenvalue weighted by atomic mass is 15.2. The molecule has 3 nitrogen and oxygen atoms in total. The second-order valence-corrected chi connectivity index (χ2v) is 4.38. The van der Waals surface area contributed by atoms with Crippen molar-refractivity contribution in [1.29, 1.82) is 0 Å². The van der Waals surface area contributed by atoms with E-state index in [0.717, 1.165) is 18.0 Å². The largest absolute Gasteiger partial charge is 0.355 e. The highest BCUT2D eigenvalue weighted by Gasteiger charge is 2.07. The number of aromatic nitrogens is 2. The molecule has 86 valence electrons. The Morgan fingerprint density at radius 3 is 2.81 bits per heavy atom. The molecule has 0 aliphatic carbocycles. The van der Waals surface area contributed by atoms with Crippen LogP contribution in [0.25, 0.3) is 11.0 Å². The maximum Gasteiger partial charge on any atom is 0.203 e. The van der Waals surface area contributed by atoms with Crippen molar-refractivity contribution < 1.29 is 0 Å². The number of aryl methyl sites for hydroxylation is 1. The smallest absolute Gasteiger partial charge is 0.203 e. The van der Waals surface area contributed by atoms with Crippen molar-refractivity contribution in [3.8, 4) is 0 Å². The number of fused-ring (bicyclic) bond motifs is 1. The molecule has 1 aromatic heterocycles. The van der Waals surface area contributed by atoms with Gasteiger partial charge in [-0.25, -0.2) is 4.98 Å². The van der Waals surface area contributed by atoms with E-state index >= 15 is 0 Å². The second kappa shape index (κ2) is 4.56. The summed E-state index contributed by atoms with van der Waals surface area (Å²) in [4.78, 5) is 4.57. The standard InChI is InChI=1S/C13H19N3/c1-4-10(2)9-14-13-15-11-7-5-6-8-12(11)16(13)3/h5-8,10H,4,9H2,1-3H3,(H,14,15). The van der Waals surface area contributed by atoms with Crippen LogP contribution in [0.3, 0.4) is 0 Å². The fourth-order valence-electron chi connectivity index (χ4n) is 1.71. The van der Waals surface area contributed by atoms with Gasteiger partial charge in [0.25, 0.3) is 0 Å². The van der Waals surface area contributed by atoms with Crippen LogP contribution in [0.15, 0.2) is 24.3 Å². The first-order valence-electron chi connectivity index (χ1n) is 5.87. The van der Waals surface area contributed by atoms with Crippen LogP contribution < -0.4 is 5.32 Å². The molecule has 0 aliphatic heterocycles. The van der Waals surface area contributed by atoms with Crippen LogP contribution in [0.1, 0.15) is 20.3 Å². The summed E-state index contributed by atoms with van der Waals surface area (Å²) in [6.07, 6.45) is 1.19. The number of anilines is 1. The topological polar surface area (TPSA) is 29.9 Å². The van der Waals surface area contributed by atoms with Crippen molar-refractivity contribution in [2.24, 2.45) is 13.0 Å². The lowest BCUT2D eigenvalue weighted by Gasteiger charge is -2.10. The van der Waals surface area contributed by atoms with Crippen LogP contribution >= 0.6 is 0 Å². The van der Waals surface area contributed by atoms with Gasteiger partial charge in [-0.3, -0.25) is 0 Å². The second-order valence-electron chi connectivity index (χ2n) is 4.38. The molecule has 2 rings (SSSR count). The molecule has 0 saturated carbocycles. The van der Waals surface area contributed by atoms with Crippen molar-refractivity contribution in [2.45, 2.75) is 20.3 Å². The summed E-state index contributed by atoms with van der Waals surface area (Å²) in [6, 6.07) is 8.21. The Labute approximate surface area is 96.5 Å². The molecule has 2 aromatic rings. The molecule has 0 saturated heterocycles. The van der Waals surface area contributed by atoms with Gasteiger partial charge in [0.15, 0.2) is 0 Å². The minimum atomic E-state index is 0.680. The van der Waals surface area contributed by atoms with E-state index in [1.807, 2.05) is 25.2 Å². The molecule has 0 fully saturated rings. The van der Waals surface area contributed by atoms with Gasteiger partial charge in [0, 0.05) is 13.6 Å². The minimum Gasteiger partial charge on any atom is -0.355 e. The van der Waals surface area contributed by atoms with E-state index in [1.165, 1.54) is 11.9 Å². The van der Waals surface area contributed by atoms with E-state index in [2.05, 4.69) is 34.8 Å². The summed E-state index contributed by atoms with van der Waals surface area (Å²) in [7, 11) is 2.05. The summed E-state index contributed by atoms with van der Waals surface area (Å²) in [5, 5.41) is 3.40. The number of nitrogens with one attached hydrogen (secondary N) is 1. The maximum atomic E-state index is 4.57. The summed E-state index contributed by atoms with van der Waals surface area (Å²) in [5.74, 6) is 1.64. The van der Waals surface area contributed by atoms with Gasteiger partial charge in [0.2, 0.25) is 5.95 Å². The van der Waals surface area contributed by atoms with E-state index in [-0.39, 0.29) is 0 Å². The van der Waals surface area contributed by atoms with E-state index < -0.39 is 0 Å². The van der Waals surface area contributed by atoms with Crippen LogP contribution in [0.4, 0.5) is 5.95 Å². The first kappa shape index (κ1) is 11.0. The first-order chi connectivity index (χ1) is 7.72. The SMILES string of the molecule is CCC(C)CNc1nc2ccccc2n1C. The van der Waals surface area contributed by atoms with Crippen LogP contribution in [0, 0.1) is 5.92 Å². The van der Waals surface area contributed by atoms with Gasteiger partial charge < -0.3 is 9.88 Å². The Balaban J connectivity index is 2.21. The lowest BCUT2D eigenvalue weighted by atomic mass is 10.1. The third-order valence-corrected chi connectivity index (χ3v) is 3.09. The lowest BCUT2D eigenvalue weighted by molar-refractivity contribution is 0.590. The van der Waals surface area contributed by atoms with Crippen LogP contribution in [0.2, 0.25) is 0 Å². The number of hydrogen-bond acceptors (Lipinski definition) is 2. The van der Waals surface area contributed by atoms with Gasteiger partial charge in [0.1, 0.15) is 0 Å². The normalized spacial score (nSPS) is 12.9. The third-order valence-electron chi connectivity index (χ3n) is 3.09.